The van der Waals surface area contributed by atoms with E-state index >= 15 is 0 Å². The van der Waals surface area contributed by atoms with Gasteiger partial charge in [-0.05, 0) is 67.1 Å². The van der Waals surface area contributed by atoms with Crippen LogP contribution in [0.3, 0.4) is 0 Å². The molecule has 0 fully saturated rings. The molecule has 0 aliphatic carbocycles. The topological polar surface area (TPSA) is 0 Å². The number of hydrogen-bond donors (Lipinski definition) is 0. The van der Waals surface area contributed by atoms with Crippen molar-refractivity contribution < 1.29 is 23.3 Å². The summed E-state index contributed by atoms with van der Waals surface area (Å²) in [5.41, 5.74) is 13.5. The zero-order valence-corrected chi connectivity index (χ0v) is 44.5. The van der Waals surface area contributed by atoms with E-state index in [0.29, 0.717) is 0 Å². The van der Waals surface area contributed by atoms with Crippen LogP contribution in [0.2, 0.25) is 0 Å². The second-order valence-corrected chi connectivity index (χ2v) is 18.0. The predicted molar refractivity (Wildman–Crippen MR) is 307 cm³/mol. The van der Waals surface area contributed by atoms with E-state index in [4.69, 9.17) is 0 Å². The van der Waals surface area contributed by atoms with E-state index in [1.54, 1.807) is 0 Å². The molecule has 2 radical (unpaired) electrons. The normalized spacial score (nSPS) is 10.9. The summed E-state index contributed by atoms with van der Waals surface area (Å²) in [6, 6.07) is 80.6. The van der Waals surface area contributed by atoms with Gasteiger partial charge in [0.1, 0.15) is 0 Å². The van der Waals surface area contributed by atoms with Gasteiger partial charge in [0.2, 0.25) is 0 Å². The zero-order valence-electron chi connectivity index (χ0n) is 41.0. The van der Waals surface area contributed by atoms with Crippen molar-refractivity contribution in [2.75, 3.05) is 0 Å². The van der Waals surface area contributed by atoms with Crippen molar-refractivity contribution in [2.45, 2.75) is 52.4 Å². The van der Waals surface area contributed by atoms with E-state index in [-0.39, 0.29) is 14.9 Å². The first kappa shape index (κ1) is 50.0. The van der Waals surface area contributed by atoms with Crippen molar-refractivity contribution in [3.8, 4) is 44.5 Å². The van der Waals surface area contributed by atoms with Crippen LogP contribution in [0, 0.1) is 14.9 Å². The summed E-state index contributed by atoms with van der Waals surface area (Å²) in [6.45, 7) is 7.60. The fourth-order valence-electron chi connectivity index (χ4n) is 10.6. The molecular formula is C68H60SiZr-4. The van der Waals surface area contributed by atoms with Crippen LogP contribution in [-0.2, 0) is 36.2 Å². The molecule has 0 aliphatic heterocycles. The maximum absolute atomic E-state index is 3.06. The standard InChI is InChI=1S/2C33H27.2CH3.Si.Zr/c2*1-2-3-10-23-21-32-30(28-17-8-13-24-11-4-6-15-26(24)28)19-20-31(33(32)22-23)29-18-9-14-25-12-5-7-16-27(25)29;;;;/h2*4-9,11-22H,2-3,10H2,1H3;2*1H3;;/q4*-1;;. The van der Waals surface area contributed by atoms with Crippen molar-refractivity contribution in [1.29, 1.82) is 0 Å². The third-order valence-corrected chi connectivity index (χ3v) is 13.9. The van der Waals surface area contributed by atoms with Crippen LogP contribution >= 0.6 is 0 Å². The van der Waals surface area contributed by atoms with Gasteiger partial charge in [-0.15, -0.1) is 44.8 Å². The molecule has 0 bridgehead atoms. The molecule has 12 rings (SSSR count). The molecule has 12 aromatic carbocycles. The van der Waals surface area contributed by atoms with Gasteiger partial charge in [0.15, 0.2) is 0 Å². The number of unbranched alkanes of at least 4 members (excludes halogenated alkanes) is 2. The Morgan fingerprint density at radius 2 is 0.571 bits per heavy atom. The van der Waals surface area contributed by atoms with E-state index in [1.807, 2.05) is 0 Å². The predicted octanol–water partition coefficient (Wildman–Crippen LogP) is 19.6. The van der Waals surface area contributed by atoms with Gasteiger partial charge in [0.25, 0.3) is 0 Å². The first-order valence-electron chi connectivity index (χ1n) is 24.3. The fraction of sp³-hybridized carbons (Fsp3) is 0.118. The molecule has 70 heavy (non-hydrogen) atoms. The molecular weight excluding hydrogens is 936 g/mol. The van der Waals surface area contributed by atoms with Crippen LogP contribution in [0.1, 0.15) is 50.7 Å². The molecule has 0 amide bonds. The molecule has 0 aromatic heterocycles. The monoisotopic (exact) mass is 994 g/mol. The van der Waals surface area contributed by atoms with Crippen LogP contribution in [0.25, 0.3) is 109 Å². The molecule has 0 spiro atoms. The van der Waals surface area contributed by atoms with Crippen LogP contribution in [-0.4, -0.2) is 6.88 Å². The first-order chi connectivity index (χ1) is 33.7. The molecule has 0 saturated heterocycles. The quantitative estimate of drug-likeness (QED) is 0.0946. The number of fused-ring (bicyclic) bond motifs is 6. The summed E-state index contributed by atoms with van der Waals surface area (Å²) in [6.07, 6.45) is 7.15. The van der Waals surface area contributed by atoms with Crippen molar-refractivity contribution in [3.05, 3.63) is 244 Å². The summed E-state index contributed by atoms with van der Waals surface area (Å²) in [5, 5.41) is 15.9. The second kappa shape index (κ2) is 23.0. The van der Waals surface area contributed by atoms with Gasteiger partial charge in [0, 0.05) is 0 Å². The van der Waals surface area contributed by atoms with Gasteiger partial charge < -0.3 is 14.9 Å². The molecule has 0 saturated carbocycles. The van der Waals surface area contributed by atoms with Crippen molar-refractivity contribution in [2.24, 2.45) is 0 Å². The molecule has 344 valence electrons. The SMILES string of the molecule is CCCCc1cc2c(-c3cccc4ccccc34)ccc(-c3cccc4ccccc34)c2[cH-]1.CCCCc1cc2c(-c3cccc4ccccc34)ccc(-c3cccc4ccccc34)c2[cH-]1.[CH3-].[CH3-].[Si]=[Zr]. The number of aryl methyl sites for hydroxylation is 2. The zero-order chi connectivity index (χ0) is 46.4. The summed E-state index contributed by atoms with van der Waals surface area (Å²) >= 11 is 1.36. The van der Waals surface area contributed by atoms with Crippen molar-refractivity contribution >= 4 is 71.5 Å². The summed E-state index contributed by atoms with van der Waals surface area (Å²) in [4.78, 5) is 0. The number of rotatable bonds is 10. The molecule has 0 heterocycles. The second-order valence-electron chi connectivity index (χ2n) is 18.0. The summed E-state index contributed by atoms with van der Waals surface area (Å²) < 4.78 is 0. The Morgan fingerprint density at radius 3 is 0.886 bits per heavy atom. The molecule has 0 nitrogen and oxygen atoms in total. The minimum absolute atomic E-state index is 0. The van der Waals surface area contributed by atoms with E-state index in [2.05, 4.69) is 239 Å². The van der Waals surface area contributed by atoms with Crippen LogP contribution in [0.5, 0.6) is 0 Å². The van der Waals surface area contributed by atoms with E-state index < -0.39 is 0 Å². The van der Waals surface area contributed by atoms with Gasteiger partial charge in [-0.1, -0.05) is 267 Å². The Hall–Kier alpha value is -6.44. The first-order valence-corrected chi connectivity index (χ1v) is 28.5. The van der Waals surface area contributed by atoms with Crippen molar-refractivity contribution in [1.82, 2.24) is 0 Å². The van der Waals surface area contributed by atoms with Gasteiger partial charge in [-0.2, -0.15) is 12.1 Å². The van der Waals surface area contributed by atoms with Crippen molar-refractivity contribution in [3.63, 3.8) is 0 Å². The van der Waals surface area contributed by atoms with Crippen LogP contribution < -0.4 is 0 Å². The van der Waals surface area contributed by atoms with Gasteiger partial charge >= 0.3 is 30.2 Å². The summed E-state index contributed by atoms with van der Waals surface area (Å²) in [5.74, 6) is 0. The average Bonchev–Trinajstić information content (AvgIpc) is 4.05. The molecule has 0 unspecified atom stereocenters. The molecule has 0 aliphatic rings. The van der Waals surface area contributed by atoms with Gasteiger partial charge in [0.05, 0.1) is 0 Å². The third kappa shape index (κ3) is 9.83. The van der Waals surface area contributed by atoms with E-state index in [0.717, 1.165) is 12.8 Å². The van der Waals surface area contributed by atoms with Gasteiger partial charge in [-0.3, -0.25) is 0 Å². The number of hydrogen-bond acceptors (Lipinski definition) is 0. The van der Waals surface area contributed by atoms with Crippen LogP contribution in [0.4, 0.5) is 0 Å². The number of benzene rings is 10. The average molecular weight is 997 g/mol. The molecule has 0 N–H and O–H groups in total. The Labute approximate surface area is 433 Å². The third-order valence-electron chi connectivity index (χ3n) is 13.9. The molecule has 0 atom stereocenters. The molecule has 12 aromatic rings. The Kier molecular flexibility index (Phi) is 16.4. The van der Waals surface area contributed by atoms with E-state index in [1.165, 1.54) is 169 Å². The minimum atomic E-state index is 0. The Balaban J connectivity index is 0.000000177. The Morgan fingerprint density at radius 1 is 0.314 bits per heavy atom. The van der Waals surface area contributed by atoms with Gasteiger partial charge in [-0.25, -0.2) is 0 Å². The summed E-state index contributed by atoms with van der Waals surface area (Å²) in [7, 11) is 0. The fourth-order valence-corrected chi connectivity index (χ4v) is 10.6. The molecule has 2 heteroatoms. The van der Waals surface area contributed by atoms with E-state index in [9.17, 15) is 0 Å². The Bertz CT molecular complexity index is 3220. The maximum atomic E-state index is 3.06. The van der Waals surface area contributed by atoms with Crippen LogP contribution in [0.15, 0.2) is 218 Å².